The molecule has 1 aliphatic heterocycles. The molecule has 24 heavy (non-hydrogen) atoms. The van der Waals surface area contributed by atoms with Gasteiger partial charge in [-0.3, -0.25) is 9.59 Å². The Balaban J connectivity index is 1.77. The quantitative estimate of drug-likeness (QED) is 0.908. The van der Waals surface area contributed by atoms with Crippen LogP contribution in [0.4, 0.5) is 5.69 Å². The first-order valence-electron chi connectivity index (χ1n) is 7.59. The van der Waals surface area contributed by atoms with Crippen LogP contribution in [-0.4, -0.2) is 32.1 Å². The second-order valence-electron chi connectivity index (χ2n) is 5.41. The molecule has 0 spiro atoms. The Labute approximate surface area is 139 Å². The molecule has 0 saturated carbocycles. The fourth-order valence-corrected chi connectivity index (χ4v) is 2.83. The smallest absolute Gasteiger partial charge is 0.264 e. The molecule has 0 bridgehead atoms. The highest BCUT2D eigenvalue weighted by atomic mass is 16.5. The van der Waals surface area contributed by atoms with Crippen LogP contribution in [0.1, 0.15) is 15.9 Å². The highest BCUT2D eigenvalue weighted by Crippen LogP contribution is 2.32. The zero-order valence-corrected chi connectivity index (χ0v) is 13.3. The molecular formula is C18H18N2O4. The number of methoxy groups -OCH3 is 1. The molecule has 1 aliphatic rings. The fourth-order valence-electron chi connectivity index (χ4n) is 2.83. The molecule has 0 unspecified atom stereocenters. The standard InChI is InChI=1S/C18H18N2O4/c1-23-15-8-4-6-13(18(19)22)17(15)24-11-16(21)20-10-9-12-5-2-3-7-14(12)20/h2-8H,9-11H2,1H3,(H2,19,22). The molecule has 1 heterocycles. The maximum absolute atomic E-state index is 12.5. The summed E-state index contributed by atoms with van der Waals surface area (Å²) in [6.45, 7) is 0.422. The van der Waals surface area contributed by atoms with Gasteiger partial charge < -0.3 is 20.1 Å². The summed E-state index contributed by atoms with van der Waals surface area (Å²) in [5.41, 5.74) is 7.59. The number of benzene rings is 2. The molecule has 6 heteroatoms. The summed E-state index contributed by atoms with van der Waals surface area (Å²) >= 11 is 0. The molecule has 0 radical (unpaired) electrons. The van der Waals surface area contributed by atoms with Gasteiger partial charge in [-0.25, -0.2) is 0 Å². The van der Waals surface area contributed by atoms with Gasteiger partial charge in [-0.15, -0.1) is 0 Å². The van der Waals surface area contributed by atoms with Crippen LogP contribution in [0.2, 0.25) is 0 Å². The van der Waals surface area contributed by atoms with Crippen molar-refractivity contribution < 1.29 is 19.1 Å². The maximum Gasteiger partial charge on any atom is 0.264 e. The summed E-state index contributed by atoms with van der Waals surface area (Å²) in [4.78, 5) is 25.7. The van der Waals surface area contributed by atoms with Gasteiger partial charge in [0.2, 0.25) is 0 Å². The Bertz CT molecular complexity index is 788. The third kappa shape index (κ3) is 2.90. The van der Waals surface area contributed by atoms with E-state index in [9.17, 15) is 9.59 Å². The van der Waals surface area contributed by atoms with Crippen molar-refractivity contribution in [3.05, 3.63) is 53.6 Å². The van der Waals surface area contributed by atoms with Crippen molar-refractivity contribution in [3.63, 3.8) is 0 Å². The van der Waals surface area contributed by atoms with Crippen LogP contribution >= 0.6 is 0 Å². The number of nitrogens with zero attached hydrogens (tertiary/aromatic N) is 1. The lowest BCUT2D eigenvalue weighted by Crippen LogP contribution is -2.33. The van der Waals surface area contributed by atoms with E-state index < -0.39 is 5.91 Å². The minimum atomic E-state index is -0.636. The van der Waals surface area contributed by atoms with Gasteiger partial charge in [0.25, 0.3) is 11.8 Å². The van der Waals surface area contributed by atoms with Crippen LogP contribution < -0.4 is 20.1 Å². The van der Waals surface area contributed by atoms with E-state index in [2.05, 4.69) is 0 Å². The first-order chi connectivity index (χ1) is 11.6. The van der Waals surface area contributed by atoms with Crippen molar-refractivity contribution >= 4 is 17.5 Å². The highest BCUT2D eigenvalue weighted by Gasteiger charge is 2.25. The molecule has 6 nitrogen and oxygen atoms in total. The van der Waals surface area contributed by atoms with Crippen molar-refractivity contribution in [1.82, 2.24) is 0 Å². The van der Waals surface area contributed by atoms with E-state index in [0.717, 1.165) is 17.7 Å². The first-order valence-corrected chi connectivity index (χ1v) is 7.59. The number of carbonyl (C=O) groups excluding carboxylic acids is 2. The number of hydrogen-bond donors (Lipinski definition) is 1. The van der Waals surface area contributed by atoms with Gasteiger partial charge in [0.1, 0.15) is 0 Å². The number of anilines is 1. The summed E-state index contributed by atoms with van der Waals surface area (Å²) < 4.78 is 10.8. The average Bonchev–Trinajstić information content (AvgIpc) is 3.03. The van der Waals surface area contributed by atoms with E-state index in [4.69, 9.17) is 15.2 Å². The SMILES string of the molecule is COc1cccc(C(N)=O)c1OCC(=O)N1CCc2ccccc21. The molecule has 0 saturated heterocycles. The third-order valence-corrected chi connectivity index (χ3v) is 3.99. The summed E-state index contributed by atoms with van der Waals surface area (Å²) in [6, 6.07) is 12.6. The van der Waals surface area contributed by atoms with E-state index in [-0.39, 0.29) is 23.8 Å². The zero-order chi connectivity index (χ0) is 17.1. The molecule has 124 valence electrons. The first kappa shape index (κ1) is 15.9. The molecule has 3 rings (SSSR count). The largest absolute Gasteiger partial charge is 0.493 e. The number of carbonyl (C=O) groups is 2. The van der Waals surface area contributed by atoms with Gasteiger partial charge >= 0.3 is 0 Å². The minimum absolute atomic E-state index is 0.179. The molecule has 0 atom stereocenters. The average molecular weight is 326 g/mol. The molecule has 0 aromatic heterocycles. The summed E-state index contributed by atoms with van der Waals surface area (Å²) in [5, 5.41) is 0. The number of primary amides is 1. The lowest BCUT2D eigenvalue weighted by Gasteiger charge is -2.19. The molecular weight excluding hydrogens is 308 g/mol. The molecule has 0 fully saturated rings. The van der Waals surface area contributed by atoms with Crippen molar-refractivity contribution in [2.45, 2.75) is 6.42 Å². The molecule has 0 aliphatic carbocycles. The number of rotatable bonds is 5. The summed E-state index contributed by atoms with van der Waals surface area (Å²) in [7, 11) is 1.46. The highest BCUT2D eigenvalue weighted by molar-refractivity contribution is 5.98. The third-order valence-electron chi connectivity index (χ3n) is 3.99. The number of fused-ring (bicyclic) bond motifs is 1. The Morgan fingerprint density at radius 2 is 1.96 bits per heavy atom. The maximum atomic E-state index is 12.5. The summed E-state index contributed by atoms with van der Waals surface area (Å²) in [5.74, 6) is -0.265. The molecule has 2 amide bonds. The van der Waals surface area contributed by atoms with Crippen LogP contribution in [-0.2, 0) is 11.2 Å². The van der Waals surface area contributed by atoms with Gasteiger partial charge in [-0.1, -0.05) is 24.3 Å². The molecule has 2 N–H and O–H groups in total. The van der Waals surface area contributed by atoms with Crippen molar-refractivity contribution in [3.8, 4) is 11.5 Å². The van der Waals surface area contributed by atoms with Gasteiger partial charge in [0.15, 0.2) is 18.1 Å². The fraction of sp³-hybridized carbons (Fsp3) is 0.222. The van der Waals surface area contributed by atoms with E-state index in [0.29, 0.717) is 12.3 Å². The summed E-state index contributed by atoms with van der Waals surface area (Å²) in [6.07, 6.45) is 0.823. The van der Waals surface area contributed by atoms with Crippen LogP contribution in [0, 0.1) is 0 Å². The van der Waals surface area contributed by atoms with Crippen LogP contribution in [0.5, 0.6) is 11.5 Å². The number of hydrogen-bond acceptors (Lipinski definition) is 4. The number of nitrogens with two attached hydrogens (primary N) is 1. The topological polar surface area (TPSA) is 81.9 Å². The second kappa shape index (κ2) is 6.62. The van der Waals surface area contributed by atoms with E-state index >= 15 is 0 Å². The number of para-hydroxylation sites is 2. The van der Waals surface area contributed by atoms with Gasteiger partial charge in [0, 0.05) is 12.2 Å². The number of amides is 2. The van der Waals surface area contributed by atoms with Crippen molar-refractivity contribution in [2.24, 2.45) is 5.73 Å². The minimum Gasteiger partial charge on any atom is -0.493 e. The lowest BCUT2D eigenvalue weighted by molar-refractivity contribution is -0.120. The second-order valence-corrected chi connectivity index (χ2v) is 5.41. The van der Waals surface area contributed by atoms with Crippen LogP contribution in [0.15, 0.2) is 42.5 Å². The van der Waals surface area contributed by atoms with Crippen LogP contribution in [0.25, 0.3) is 0 Å². The van der Waals surface area contributed by atoms with E-state index in [1.54, 1.807) is 17.0 Å². The monoisotopic (exact) mass is 326 g/mol. The lowest BCUT2D eigenvalue weighted by atomic mass is 10.2. The Morgan fingerprint density at radius 1 is 1.17 bits per heavy atom. The Morgan fingerprint density at radius 3 is 2.71 bits per heavy atom. The molecule has 2 aromatic carbocycles. The van der Waals surface area contributed by atoms with E-state index in [1.807, 2.05) is 24.3 Å². The van der Waals surface area contributed by atoms with Gasteiger partial charge in [-0.2, -0.15) is 0 Å². The van der Waals surface area contributed by atoms with Crippen LogP contribution in [0.3, 0.4) is 0 Å². The van der Waals surface area contributed by atoms with Crippen molar-refractivity contribution in [1.29, 1.82) is 0 Å². The predicted octanol–water partition coefficient (Wildman–Crippen LogP) is 1.76. The van der Waals surface area contributed by atoms with Gasteiger partial charge in [0.05, 0.1) is 12.7 Å². The van der Waals surface area contributed by atoms with E-state index in [1.165, 1.54) is 13.2 Å². The number of ether oxygens (including phenoxy) is 2. The predicted molar refractivity (Wildman–Crippen MR) is 89.5 cm³/mol. The normalized spacial score (nSPS) is 12.6. The van der Waals surface area contributed by atoms with Crippen molar-refractivity contribution in [2.75, 3.05) is 25.2 Å². The van der Waals surface area contributed by atoms with Gasteiger partial charge in [-0.05, 0) is 30.2 Å². The zero-order valence-electron chi connectivity index (χ0n) is 13.3. The molecule has 2 aromatic rings. The Hall–Kier alpha value is -3.02. The Kier molecular flexibility index (Phi) is 4.37.